The lowest BCUT2D eigenvalue weighted by Gasteiger charge is -2.38. The Morgan fingerprint density at radius 2 is 2.05 bits per heavy atom. The molecular weight excluding hydrogens is 302 g/mol. The first-order valence-electron chi connectivity index (χ1n) is 6.91. The van der Waals surface area contributed by atoms with Crippen molar-refractivity contribution >= 4 is 28.3 Å². The predicted octanol–water partition coefficient (Wildman–Crippen LogP) is 0.0295. The molecule has 0 aliphatic carbocycles. The summed E-state index contributed by atoms with van der Waals surface area (Å²) in [5, 5.41) is 0. The second kappa shape index (κ2) is 7.06. The number of hydrogen-bond donors (Lipinski definition) is 1. The lowest BCUT2D eigenvalue weighted by atomic mass is 9.92. The van der Waals surface area contributed by atoms with Crippen LogP contribution in [0.25, 0.3) is 0 Å². The number of likely N-dealkylation sites (tertiary alicyclic amines) is 1. The summed E-state index contributed by atoms with van der Waals surface area (Å²) < 4.78 is 24.7. The van der Waals surface area contributed by atoms with Gasteiger partial charge in [-0.15, -0.1) is 12.4 Å². The maximum Gasteiger partial charge on any atom is 0.238 e. The molecule has 2 aliphatic rings. The van der Waals surface area contributed by atoms with Gasteiger partial charge in [-0.25, -0.2) is 8.42 Å². The van der Waals surface area contributed by atoms with Crippen LogP contribution >= 0.6 is 12.4 Å². The van der Waals surface area contributed by atoms with Gasteiger partial charge in [-0.05, 0) is 25.2 Å². The van der Waals surface area contributed by atoms with Crippen LogP contribution in [-0.2, 0) is 14.8 Å². The van der Waals surface area contributed by atoms with Crippen LogP contribution in [-0.4, -0.2) is 61.5 Å². The van der Waals surface area contributed by atoms with E-state index < -0.39 is 10.0 Å². The second-order valence-corrected chi connectivity index (χ2v) is 7.70. The molecule has 6 nitrogen and oxygen atoms in total. The Morgan fingerprint density at radius 3 is 2.60 bits per heavy atom. The molecule has 2 atom stereocenters. The van der Waals surface area contributed by atoms with Gasteiger partial charge in [0.1, 0.15) is 0 Å². The fourth-order valence-electron chi connectivity index (χ4n) is 2.91. The van der Waals surface area contributed by atoms with E-state index in [2.05, 4.69) is 6.92 Å². The number of sulfonamides is 1. The number of halogens is 1. The Balaban J connectivity index is 0.00000200. The van der Waals surface area contributed by atoms with Crippen LogP contribution in [0, 0.1) is 5.92 Å². The maximum atomic E-state index is 12.3. The second-order valence-electron chi connectivity index (χ2n) is 5.61. The first-order valence-corrected chi connectivity index (χ1v) is 8.52. The van der Waals surface area contributed by atoms with Crippen molar-refractivity contribution in [1.82, 2.24) is 9.21 Å². The van der Waals surface area contributed by atoms with E-state index in [1.807, 2.05) is 0 Å². The third-order valence-corrected chi connectivity index (χ3v) is 5.99. The molecule has 20 heavy (non-hydrogen) atoms. The standard InChI is InChI=1S/C12H23N3O3S.ClH/c1-10-3-5-15(11(7-10)8-13)12(16)9-14-4-2-6-19(14,17)18;/h10-11H,2-9,13H2,1H3;1H. The molecule has 2 rings (SSSR count). The van der Waals surface area contributed by atoms with Crippen LogP contribution in [0.2, 0.25) is 0 Å². The molecule has 0 aromatic heterocycles. The van der Waals surface area contributed by atoms with Gasteiger partial charge in [0.05, 0.1) is 12.3 Å². The van der Waals surface area contributed by atoms with Crippen LogP contribution in [0.1, 0.15) is 26.2 Å². The van der Waals surface area contributed by atoms with Crippen molar-refractivity contribution in [3.8, 4) is 0 Å². The number of piperidine rings is 1. The van der Waals surface area contributed by atoms with Gasteiger partial charge in [-0.3, -0.25) is 4.79 Å². The average Bonchev–Trinajstić information content (AvgIpc) is 2.68. The molecular formula is C12H24ClN3O3S. The lowest BCUT2D eigenvalue weighted by Crippen LogP contribution is -2.52. The van der Waals surface area contributed by atoms with Crippen LogP contribution in [0.5, 0.6) is 0 Å². The van der Waals surface area contributed by atoms with E-state index in [0.29, 0.717) is 32.0 Å². The van der Waals surface area contributed by atoms with Gasteiger partial charge >= 0.3 is 0 Å². The summed E-state index contributed by atoms with van der Waals surface area (Å²) in [6.07, 6.45) is 2.50. The molecule has 2 saturated heterocycles. The lowest BCUT2D eigenvalue weighted by molar-refractivity contribution is -0.135. The highest BCUT2D eigenvalue weighted by Crippen LogP contribution is 2.23. The zero-order valence-electron chi connectivity index (χ0n) is 11.8. The Morgan fingerprint density at radius 1 is 1.35 bits per heavy atom. The quantitative estimate of drug-likeness (QED) is 0.793. The minimum absolute atomic E-state index is 0. The smallest absolute Gasteiger partial charge is 0.238 e. The number of nitrogens with two attached hydrogens (primary N) is 1. The highest BCUT2D eigenvalue weighted by atomic mass is 35.5. The van der Waals surface area contributed by atoms with Crippen molar-refractivity contribution in [1.29, 1.82) is 0 Å². The van der Waals surface area contributed by atoms with Crippen molar-refractivity contribution in [3.63, 3.8) is 0 Å². The summed E-state index contributed by atoms with van der Waals surface area (Å²) in [7, 11) is -3.20. The number of carbonyl (C=O) groups excluding carboxylic acids is 1. The minimum Gasteiger partial charge on any atom is -0.337 e. The summed E-state index contributed by atoms with van der Waals surface area (Å²) >= 11 is 0. The average molecular weight is 326 g/mol. The Bertz CT molecular complexity index is 443. The number of nitrogens with zero attached hydrogens (tertiary/aromatic N) is 2. The first-order chi connectivity index (χ1) is 8.94. The van der Waals surface area contributed by atoms with Crippen molar-refractivity contribution < 1.29 is 13.2 Å². The van der Waals surface area contributed by atoms with E-state index in [4.69, 9.17) is 5.73 Å². The topological polar surface area (TPSA) is 83.7 Å². The first kappa shape index (κ1) is 17.7. The SMILES string of the molecule is CC1CCN(C(=O)CN2CCCS2(=O)=O)C(CN)C1.Cl. The molecule has 0 bridgehead atoms. The van der Waals surface area contributed by atoms with E-state index in [0.717, 1.165) is 12.8 Å². The zero-order valence-corrected chi connectivity index (χ0v) is 13.5. The summed E-state index contributed by atoms with van der Waals surface area (Å²) in [5.41, 5.74) is 5.73. The number of amides is 1. The molecule has 0 spiro atoms. The third-order valence-electron chi connectivity index (χ3n) is 4.09. The van der Waals surface area contributed by atoms with Gasteiger partial charge < -0.3 is 10.6 Å². The van der Waals surface area contributed by atoms with Gasteiger partial charge in [0.15, 0.2) is 0 Å². The van der Waals surface area contributed by atoms with E-state index in [-0.39, 0.29) is 36.7 Å². The van der Waals surface area contributed by atoms with Crippen LogP contribution < -0.4 is 5.73 Å². The molecule has 8 heteroatoms. The van der Waals surface area contributed by atoms with Crippen molar-refractivity contribution in [3.05, 3.63) is 0 Å². The molecule has 1 amide bonds. The number of hydrogen-bond acceptors (Lipinski definition) is 4. The molecule has 118 valence electrons. The molecule has 2 fully saturated rings. The van der Waals surface area contributed by atoms with Gasteiger partial charge in [0.2, 0.25) is 15.9 Å². The monoisotopic (exact) mass is 325 g/mol. The highest BCUT2D eigenvalue weighted by molar-refractivity contribution is 7.89. The Labute approximate surface area is 127 Å². The van der Waals surface area contributed by atoms with Gasteiger partial charge in [-0.1, -0.05) is 6.92 Å². The summed E-state index contributed by atoms with van der Waals surface area (Å²) in [6, 6.07) is 0.0570. The van der Waals surface area contributed by atoms with Crippen molar-refractivity contribution in [2.75, 3.05) is 31.9 Å². The zero-order chi connectivity index (χ0) is 14.0. The fraction of sp³-hybridized carbons (Fsp3) is 0.917. The van der Waals surface area contributed by atoms with Crippen LogP contribution in [0.4, 0.5) is 0 Å². The molecule has 2 N–H and O–H groups in total. The highest BCUT2D eigenvalue weighted by Gasteiger charge is 2.34. The van der Waals surface area contributed by atoms with E-state index in [1.165, 1.54) is 4.31 Å². The number of carbonyl (C=O) groups is 1. The van der Waals surface area contributed by atoms with Gasteiger partial charge in [0.25, 0.3) is 0 Å². The fourth-order valence-corrected chi connectivity index (χ4v) is 4.38. The Hall–Kier alpha value is -0.370. The van der Waals surface area contributed by atoms with Gasteiger partial charge in [0, 0.05) is 25.7 Å². The maximum absolute atomic E-state index is 12.3. The molecule has 0 saturated carbocycles. The van der Waals surface area contributed by atoms with Crippen LogP contribution in [0.3, 0.4) is 0 Å². The van der Waals surface area contributed by atoms with E-state index in [1.54, 1.807) is 4.90 Å². The predicted molar refractivity (Wildman–Crippen MR) is 80.2 cm³/mol. The largest absolute Gasteiger partial charge is 0.337 e. The molecule has 0 radical (unpaired) electrons. The minimum atomic E-state index is -3.20. The van der Waals surface area contributed by atoms with E-state index >= 15 is 0 Å². The number of rotatable bonds is 3. The summed E-state index contributed by atoms with van der Waals surface area (Å²) in [5.74, 6) is 0.637. The molecule has 0 aromatic carbocycles. The third kappa shape index (κ3) is 3.84. The van der Waals surface area contributed by atoms with Gasteiger partial charge in [-0.2, -0.15) is 4.31 Å². The summed E-state index contributed by atoms with van der Waals surface area (Å²) in [4.78, 5) is 14.1. The van der Waals surface area contributed by atoms with Crippen LogP contribution in [0.15, 0.2) is 0 Å². The molecule has 2 unspecified atom stereocenters. The van der Waals surface area contributed by atoms with Crippen molar-refractivity contribution in [2.24, 2.45) is 11.7 Å². The molecule has 2 aliphatic heterocycles. The summed E-state index contributed by atoms with van der Waals surface area (Å²) in [6.45, 7) is 3.74. The normalized spacial score (nSPS) is 30.0. The van der Waals surface area contributed by atoms with E-state index in [9.17, 15) is 13.2 Å². The Kier molecular flexibility index (Phi) is 6.25. The molecule has 2 heterocycles. The molecule has 0 aromatic rings. The van der Waals surface area contributed by atoms with Crippen molar-refractivity contribution in [2.45, 2.75) is 32.2 Å².